The van der Waals surface area contributed by atoms with E-state index >= 15 is 0 Å². The fraction of sp³-hybridized carbons (Fsp3) is 0.312. The summed E-state index contributed by atoms with van der Waals surface area (Å²) in [5.74, 6) is 1.03. The van der Waals surface area contributed by atoms with Crippen LogP contribution in [0.5, 0.6) is 0 Å². The normalized spacial score (nSPS) is 10.5. The summed E-state index contributed by atoms with van der Waals surface area (Å²) in [4.78, 5) is 6.86. The fourth-order valence-corrected chi connectivity index (χ4v) is 2.57. The van der Waals surface area contributed by atoms with Gasteiger partial charge in [-0.05, 0) is 46.5 Å². The summed E-state index contributed by atoms with van der Waals surface area (Å²) in [5, 5.41) is 0. The SMILES string of the molecule is CCCN(Cc1ccccc1)c1nccc(C)c1Br. The maximum Gasteiger partial charge on any atom is 0.143 e. The molecule has 0 aliphatic heterocycles. The van der Waals surface area contributed by atoms with Crippen LogP contribution in [0.25, 0.3) is 0 Å². The first-order valence-electron chi connectivity index (χ1n) is 6.62. The highest BCUT2D eigenvalue weighted by atomic mass is 79.9. The van der Waals surface area contributed by atoms with Gasteiger partial charge in [-0.15, -0.1) is 0 Å². The topological polar surface area (TPSA) is 16.1 Å². The number of hydrogen-bond acceptors (Lipinski definition) is 2. The largest absolute Gasteiger partial charge is 0.351 e. The molecule has 0 saturated carbocycles. The molecule has 0 amide bonds. The van der Waals surface area contributed by atoms with Crippen LogP contribution in [0.2, 0.25) is 0 Å². The average Bonchev–Trinajstić information content (AvgIpc) is 2.43. The molecule has 0 aliphatic rings. The molecule has 2 rings (SSSR count). The first-order valence-corrected chi connectivity index (χ1v) is 7.41. The molecule has 0 unspecified atom stereocenters. The van der Waals surface area contributed by atoms with Crippen molar-refractivity contribution in [2.24, 2.45) is 0 Å². The number of rotatable bonds is 5. The van der Waals surface area contributed by atoms with Crippen LogP contribution in [0.15, 0.2) is 47.1 Å². The van der Waals surface area contributed by atoms with Crippen molar-refractivity contribution in [2.75, 3.05) is 11.4 Å². The highest BCUT2D eigenvalue weighted by Crippen LogP contribution is 2.28. The van der Waals surface area contributed by atoms with Crippen molar-refractivity contribution in [3.63, 3.8) is 0 Å². The van der Waals surface area contributed by atoms with E-state index in [4.69, 9.17) is 0 Å². The minimum Gasteiger partial charge on any atom is -0.351 e. The van der Waals surface area contributed by atoms with E-state index in [1.165, 1.54) is 11.1 Å². The van der Waals surface area contributed by atoms with E-state index in [0.29, 0.717) is 0 Å². The summed E-state index contributed by atoms with van der Waals surface area (Å²) in [6, 6.07) is 12.6. The van der Waals surface area contributed by atoms with Gasteiger partial charge in [0.05, 0.1) is 4.47 Å². The predicted molar refractivity (Wildman–Crippen MR) is 84.5 cm³/mol. The molecule has 0 bridgehead atoms. The van der Waals surface area contributed by atoms with Gasteiger partial charge in [0, 0.05) is 19.3 Å². The molecule has 1 aromatic carbocycles. The van der Waals surface area contributed by atoms with E-state index in [0.717, 1.165) is 29.8 Å². The number of halogens is 1. The van der Waals surface area contributed by atoms with Gasteiger partial charge in [-0.1, -0.05) is 37.3 Å². The van der Waals surface area contributed by atoms with Crippen molar-refractivity contribution in [1.29, 1.82) is 0 Å². The molecule has 2 nitrogen and oxygen atoms in total. The lowest BCUT2D eigenvalue weighted by Gasteiger charge is -2.25. The molecule has 19 heavy (non-hydrogen) atoms. The van der Waals surface area contributed by atoms with Crippen molar-refractivity contribution in [3.05, 3.63) is 58.2 Å². The number of aryl methyl sites for hydroxylation is 1. The lowest BCUT2D eigenvalue weighted by atomic mass is 10.2. The van der Waals surface area contributed by atoms with Crippen LogP contribution in [0, 0.1) is 6.92 Å². The summed E-state index contributed by atoms with van der Waals surface area (Å²) in [6.45, 7) is 6.19. The third kappa shape index (κ3) is 3.57. The van der Waals surface area contributed by atoms with Crippen molar-refractivity contribution in [2.45, 2.75) is 26.8 Å². The van der Waals surface area contributed by atoms with Crippen LogP contribution < -0.4 is 4.90 Å². The maximum atomic E-state index is 4.53. The summed E-state index contributed by atoms with van der Waals surface area (Å²) >= 11 is 3.66. The summed E-state index contributed by atoms with van der Waals surface area (Å²) < 4.78 is 1.10. The smallest absolute Gasteiger partial charge is 0.143 e. The zero-order valence-electron chi connectivity index (χ0n) is 11.4. The molecule has 100 valence electrons. The zero-order valence-corrected chi connectivity index (χ0v) is 13.0. The number of pyridine rings is 1. The van der Waals surface area contributed by atoms with E-state index in [9.17, 15) is 0 Å². The van der Waals surface area contributed by atoms with Crippen LogP contribution in [0.1, 0.15) is 24.5 Å². The molecule has 0 atom stereocenters. The van der Waals surface area contributed by atoms with Gasteiger partial charge in [0.15, 0.2) is 0 Å². The number of benzene rings is 1. The molecule has 0 saturated heterocycles. The summed E-state index contributed by atoms with van der Waals surface area (Å²) in [7, 11) is 0. The Hall–Kier alpha value is -1.35. The van der Waals surface area contributed by atoms with E-state index in [2.05, 4.69) is 70.0 Å². The average molecular weight is 319 g/mol. The second-order valence-corrected chi connectivity index (χ2v) is 5.47. The van der Waals surface area contributed by atoms with Gasteiger partial charge in [0.1, 0.15) is 5.82 Å². The molecular weight excluding hydrogens is 300 g/mol. The summed E-state index contributed by atoms with van der Waals surface area (Å²) in [5.41, 5.74) is 2.53. The first-order chi connectivity index (χ1) is 9.22. The number of aromatic nitrogens is 1. The van der Waals surface area contributed by atoms with Gasteiger partial charge in [-0.25, -0.2) is 4.98 Å². The monoisotopic (exact) mass is 318 g/mol. The molecule has 0 fully saturated rings. The van der Waals surface area contributed by atoms with Gasteiger partial charge in [-0.2, -0.15) is 0 Å². The molecule has 0 N–H and O–H groups in total. The van der Waals surface area contributed by atoms with Crippen molar-refractivity contribution in [1.82, 2.24) is 4.98 Å². The Morgan fingerprint density at radius 3 is 2.58 bits per heavy atom. The van der Waals surface area contributed by atoms with Crippen LogP contribution in [-0.2, 0) is 6.54 Å². The van der Waals surface area contributed by atoms with E-state index in [1.807, 2.05) is 12.3 Å². The van der Waals surface area contributed by atoms with Crippen molar-refractivity contribution < 1.29 is 0 Å². The molecule has 2 aromatic rings. The van der Waals surface area contributed by atoms with E-state index in [1.54, 1.807) is 0 Å². The quantitative estimate of drug-likeness (QED) is 0.802. The van der Waals surface area contributed by atoms with Crippen LogP contribution in [0.3, 0.4) is 0 Å². The number of hydrogen-bond donors (Lipinski definition) is 0. The Kier molecular flexibility index (Phi) is 4.97. The molecule has 1 heterocycles. The standard InChI is InChI=1S/C16H19BrN2/c1-3-11-19(12-14-7-5-4-6-8-14)16-15(17)13(2)9-10-18-16/h4-10H,3,11-12H2,1-2H3. The zero-order chi connectivity index (χ0) is 13.7. The van der Waals surface area contributed by atoms with Crippen LogP contribution in [-0.4, -0.2) is 11.5 Å². The molecule has 3 heteroatoms. The number of anilines is 1. The molecule has 0 radical (unpaired) electrons. The van der Waals surface area contributed by atoms with Crippen LogP contribution >= 0.6 is 15.9 Å². The Labute approximate surface area is 123 Å². The molecular formula is C16H19BrN2. The van der Waals surface area contributed by atoms with Gasteiger partial charge in [0.2, 0.25) is 0 Å². The second kappa shape index (κ2) is 6.71. The van der Waals surface area contributed by atoms with Gasteiger partial charge < -0.3 is 4.90 Å². The van der Waals surface area contributed by atoms with Gasteiger partial charge in [-0.3, -0.25) is 0 Å². The lowest BCUT2D eigenvalue weighted by molar-refractivity contribution is 0.752. The highest BCUT2D eigenvalue weighted by molar-refractivity contribution is 9.10. The maximum absolute atomic E-state index is 4.53. The lowest BCUT2D eigenvalue weighted by Crippen LogP contribution is -2.25. The molecule has 0 spiro atoms. The molecule has 0 aliphatic carbocycles. The third-order valence-corrected chi connectivity index (χ3v) is 4.05. The minimum absolute atomic E-state index is 0.893. The van der Waals surface area contributed by atoms with E-state index in [-0.39, 0.29) is 0 Å². The minimum atomic E-state index is 0.893. The van der Waals surface area contributed by atoms with Crippen LogP contribution in [0.4, 0.5) is 5.82 Å². The Morgan fingerprint density at radius 1 is 1.16 bits per heavy atom. The second-order valence-electron chi connectivity index (χ2n) is 4.67. The third-order valence-electron chi connectivity index (χ3n) is 3.07. The van der Waals surface area contributed by atoms with E-state index < -0.39 is 0 Å². The molecule has 1 aromatic heterocycles. The fourth-order valence-electron chi connectivity index (χ4n) is 2.08. The first kappa shape index (κ1) is 14.1. The highest BCUT2D eigenvalue weighted by Gasteiger charge is 2.12. The van der Waals surface area contributed by atoms with Gasteiger partial charge >= 0.3 is 0 Å². The number of nitrogens with zero attached hydrogens (tertiary/aromatic N) is 2. The van der Waals surface area contributed by atoms with Crippen molar-refractivity contribution >= 4 is 21.7 Å². The summed E-state index contributed by atoms with van der Waals surface area (Å²) in [6.07, 6.45) is 2.98. The Balaban J connectivity index is 2.27. The Bertz CT molecular complexity index is 526. The van der Waals surface area contributed by atoms with Gasteiger partial charge in [0.25, 0.3) is 0 Å². The van der Waals surface area contributed by atoms with Crippen molar-refractivity contribution in [3.8, 4) is 0 Å². The predicted octanol–water partition coefficient (Wildman–Crippen LogP) is 4.57. The Morgan fingerprint density at radius 2 is 1.89 bits per heavy atom.